The summed E-state index contributed by atoms with van der Waals surface area (Å²) in [5.74, 6) is 0.971. The fourth-order valence-electron chi connectivity index (χ4n) is 2.94. The molecule has 3 aromatic rings. The molecule has 8 heteroatoms. The van der Waals surface area contributed by atoms with Crippen LogP contribution < -0.4 is 5.32 Å². The Morgan fingerprint density at radius 3 is 2.46 bits per heavy atom. The normalized spacial score (nSPS) is 11.1. The van der Waals surface area contributed by atoms with Crippen LogP contribution in [0.3, 0.4) is 0 Å². The molecule has 148 valence electrons. The number of amides is 2. The Kier molecular flexibility index (Phi) is 5.77. The zero-order valence-electron chi connectivity index (χ0n) is 16.9. The fraction of sp³-hybridized carbons (Fsp3) is 0.400. The summed E-state index contributed by atoms with van der Waals surface area (Å²) < 4.78 is 6.96. The van der Waals surface area contributed by atoms with Crippen LogP contribution in [0.25, 0.3) is 0 Å². The SMILES string of the molecule is Cc1cc(C)n(Cc2ccc(NC(=O)N(Cc3noc(C)n3)C(C)C)cc2)n1. The molecule has 1 N–H and O–H groups in total. The molecule has 2 heterocycles. The maximum absolute atomic E-state index is 12.7. The molecule has 0 fully saturated rings. The third kappa shape index (κ3) is 4.76. The third-order valence-corrected chi connectivity index (χ3v) is 4.41. The first-order valence-corrected chi connectivity index (χ1v) is 9.28. The van der Waals surface area contributed by atoms with Crippen LogP contribution in [0.15, 0.2) is 34.9 Å². The Morgan fingerprint density at radius 1 is 1.21 bits per heavy atom. The molecule has 28 heavy (non-hydrogen) atoms. The molecule has 0 saturated carbocycles. The minimum absolute atomic E-state index is 0.0101. The molecule has 1 aromatic carbocycles. The van der Waals surface area contributed by atoms with Gasteiger partial charge in [-0.3, -0.25) is 4.68 Å². The summed E-state index contributed by atoms with van der Waals surface area (Å²) in [5, 5.41) is 11.3. The summed E-state index contributed by atoms with van der Waals surface area (Å²) in [4.78, 5) is 18.5. The summed E-state index contributed by atoms with van der Waals surface area (Å²) in [5.41, 5.74) is 3.98. The number of carbonyl (C=O) groups is 1. The average molecular weight is 382 g/mol. The van der Waals surface area contributed by atoms with Crippen LogP contribution in [0.5, 0.6) is 0 Å². The van der Waals surface area contributed by atoms with E-state index in [0.29, 0.717) is 18.3 Å². The summed E-state index contributed by atoms with van der Waals surface area (Å²) >= 11 is 0. The molecule has 0 spiro atoms. The molecule has 0 unspecified atom stereocenters. The van der Waals surface area contributed by atoms with Gasteiger partial charge in [-0.15, -0.1) is 0 Å². The van der Waals surface area contributed by atoms with E-state index in [1.165, 1.54) is 0 Å². The predicted octanol–water partition coefficient (Wildman–Crippen LogP) is 3.68. The summed E-state index contributed by atoms with van der Waals surface area (Å²) in [6.07, 6.45) is 0. The van der Waals surface area contributed by atoms with E-state index in [4.69, 9.17) is 4.52 Å². The second kappa shape index (κ2) is 8.24. The maximum atomic E-state index is 12.7. The number of aryl methyl sites for hydroxylation is 3. The maximum Gasteiger partial charge on any atom is 0.322 e. The highest BCUT2D eigenvalue weighted by Crippen LogP contribution is 2.14. The number of hydrogen-bond acceptors (Lipinski definition) is 5. The standard InChI is InChI=1S/C20H26N6O2/c1-13(2)25(12-19-21-16(5)28-24-19)20(27)22-18-8-6-17(7-9-18)11-26-15(4)10-14(3)23-26/h6-10,13H,11-12H2,1-5H3,(H,22,27). The van der Waals surface area contributed by atoms with Gasteiger partial charge in [-0.05, 0) is 51.5 Å². The smallest absolute Gasteiger partial charge is 0.322 e. The molecule has 0 aliphatic carbocycles. The molecule has 0 aliphatic rings. The lowest BCUT2D eigenvalue weighted by atomic mass is 10.2. The lowest BCUT2D eigenvalue weighted by molar-refractivity contribution is 0.191. The zero-order chi connectivity index (χ0) is 20.3. The van der Waals surface area contributed by atoms with Crippen molar-refractivity contribution in [1.29, 1.82) is 0 Å². The van der Waals surface area contributed by atoms with Gasteiger partial charge >= 0.3 is 6.03 Å². The van der Waals surface area contributed by atoms with Crippen LogP contribution in [-0.4, -0.2) is 36.9 Å². The monoisotopic (exact) mass is 382 g/mol. The second-order valence-electron chi connectivity index (χ2n) is 7.16. The number of aromatic nitrogens is 4. The van der Waals surface area contributed by atoms with E-state index >= 15 is 0 Å². The lowest BCUT2D eigenvalue weighted by Crippen LogP contribution is -2.39. The van der Waals surface area contributed by atoms with Crippen LogP contribution in [-0.2, 0) is 13.1 Å². The summed E-state index contributed by atoms with van der Waals surface area (Å²) in [7, 11) is 0. The van der Waals surface area contributed by atoms with E-state index in [0.717, 1.165) is 22.6 Å². The van der Waals surface area contributed by atoms with Crippen molar-refractivity contribution in [3.05, 3.63) is 59.0 Å². The summed E-state index contributed by atoms with van der Waals surface area (Å²) in [6, 6.07) is 9.63. The topological polar surface area (TPSA) is 89.1 Å². The first kappa shape index (κ1) is 19.6. The third-order valence-electron chi connectivity index (χ3n) is 4.41. The molecule has 0 atom stereocenters. The van der Waals surface area contributed by atoms with Crippen molar-refractivity contribution in [1.82, 2.24) is 24.8 Å². The Hall–Kier alpha value is -3.16. The van der Waals surface area contributed by atoms with Crippen LogP contribution in [0.4, 0.5) is 10.5 Å². The van der Waals surface area contributed by atoms with Crippen molar-refractivity contribution in [3.63, 3.8) is 0 Å². The van der Waals surface area contributed by atoms with Crippen LogP contribution >= 0.6 is 0 Å². The Morgan fingerprint density at radius 2 is 1.93 bits per heavy atom. The van der Waals surface area contributed by atoms with Crippen molar-refractivity contribution < 1.29 is 9.32 Å². The van der Waals surface area contributed by atoms with Crippen LogP contribution in [0.2, 0.25) is 0 Å². The fourth-order valence-corrected chi connectivity index (χ4v) is 2.94. The van der Waals surface area contributed by atoms with Crippen molar-refractivity contribution in [3.8, 4) is 0 Å². The van der Waals surface area contributed by atoms with Crippen molar-refractivity contribution in [2.45, 2.75) is 53.8 Å². The van der Waals surface area contributed by atoms with Crippen molar-refractivity contribution >= 4 is 11.7 Å². The largest absolute Gasteiger partial charge is 0.340 e. The Balaban J connectivity index is 1.64. The van der Waals surface area contributed by atoms with Gasteiger partial charge in [0.05, 0.1) is 18.8 Å². The molecule has 3 rings (SSSR count). The van der Waals surface area contributed by atoms with Gasteiger partial charge in [0.1, 0.15) is 0 Å². The molecule has 0 aliphatic heterocycles. The Bertz CT molecular complexity index is 942. The minimum atomic E-state index is -0.205. The number of nitrogens with zero attached hydrogens (tertiary/aromatic N) is 5. The van der Waals surface area contributed by atoms with Gasteiger partial charge in [0.2, 0.25) is 5.89 Å². The molecule has 2 aromatic heterocycles. The van der Waals surface area contributed by atoms with Gasteiger partial charge in [-0.25, -0.2) is 4.79 Å². The molecule has 0 bridgehead atoms. The molecule has 8 nitrogen and oxygen atoms in total. The molecule has 0 saturated heterocycles. The second-order valence-corrected chi connectivity index (χ2v) is 7.16. The van der Waals surface area contributed by atoms with E-state index in [2.05, 4.69) is 26.6 Å². The van der Waals surface area contributed by atoms with Gasteiger partial charge in [0.25, 0.3) is 0 Å². The number of benzene rings is 1. The zero-order valence-corrected chi connectivity index (χ0v) is 16.9. The van der Waals surface area contributed by atoms with Gasteiger partial charge in [0, 0.05) is 24.3 Å². The quantitative estimate of drug-likeness (QED) is 0.702. The lowest BCUT2D eigenvalue weighted by Gasteiger charge is -2.25. The minimum Gasteiger partial charge on any atom is -0.340 e. The number of carbonyl (C=O) groups excluding carboxylic acids is 1. The van der Waals surface area contributed by atoms with Gasteiger partial charge in [-0.1, -0.05) is 17.3 Å². The highest BCUT2D eigenvalue weighted by atomic mass is 16.5. The van der Waals surface area contributed by atoms with Gasteiger partial charge in [-0.2, -0.15) is 10.1 Å². The van der Waals surface area contributed by atoms with Crippen molar-refractivity contribution in [2.24, 2.45) is 0 Å². The highest BCUT2D eigenvalue weighted by Gasteiger charge is 2.20. The van der Waals surface area contributed by atoms with Crippen LogP contribution in [0, 0.1) is 20.8 Å². The average Bonchev–Trinajstić information content (AvgIpc) is 3.18. The summed E-state index contributed by atoms with van der Waals surface area (Å²) in [6.45, 7) is 10.6. The molecule has 0 radical (unpaired) electrons. The van der Waals surface area contributed by atoms with Gasteiger partial charge < -0.3 is 14.7 Å². The Labute approximate surface area is 164 Å². The number of hydrogen-bond donors (Lipinski definition) is 1. The molecular formula is C20H26N6O2. The first-order chi connectivity index (χ1) is 13.3. The van der Waals surface area contributed by atoms with E-state index in [1.807, 2.05) is 56.6 Å². The molecular weight excluding hydrogens is 356 g/mol. The first-order valence-electron chi connectivity index (χ1n) is 9.28. The number of rotatable bonds is 6. The van der Waals surface area contributed by atoms with E-state index in [9.17, 15) is 4.79 Å². The van der Waals surface area contributed by atoms with E-state index in [1.54, 1.807) is 11.8 Å². The highest BCUT2D eigenvalue weighted by molar-refractivity contribution is 5.89. The van der Waals surface area contributed by atoms with Crippen LogP contribution in [0.1, 0.15) is 42.5 Å². The van der Waals surface area contributed by atoms with E-state index < -0.39 is 0 Å². The van der Waals surface area contributed by atoms with Gasteiger partial charge in [0.15, 0.2) is 5.82 Å². The number of nitrogens with one attached hydrogen (secondary N) is 1. The number of anilines is 1. The number of urea groups is 1. The van der Waals surface area contributed by atoms with E-state index in [-0.39, 0.29) is 18.6 Å². The van der Waals surface area contributed by atoms with Crippen molar-refractivity contribution in [2.75, 3.05) is 5.32 Å². The predicted molar refractivity (Wildman–Crippen MR) is 106 cm³/mol. The molecule has 2 amide bonds.